The summed E-state index contributed by atoms with van der Waals surface area (Å²) in [7, 11) is 0. The zero-order chi connectivity index (χ0) is 11.5. The van der Waals surface area contributed by atoms with Crippen molar-refractivity contribution in [3.63, 3.8) is 0 Å². The second-order valence-electron chi connectivity index (χ2n) is 3.86. The molecule has 0 spiro atoms. The average molecular weight is 221 g/mol. The molecule has 5 nitrogen and oxygen atoms in total. The van der Waals surface area contributed by atoms with Gasteiger partial charge in [-0.2, -0.15) is 0 Å². The van der Waals surface area contributed by atoms with Gasteiger partial charge in [-0.25, -0.2) is 4.98 Å². The lowest BCUT2D eigenvalue weighted by molar-refractivity contribution is 0.00333. The number of pyridine rings is 1. The summed E-state index contributed by atoms with van der Waals surface area (Å²) in [5.41, 5.74) is 6.48. The van der Waals surface area contributed by atoms with E-state index in [4.69, 9.17) is 10.5 Å². The topological polar surface area (TPSA) is 68.5 Å². The number of nitrogens with zero attached hydrogens (tertiary/aromatic N) is 2. The Morgan fingerprint density at radius 1 is 1.69 bits per heavy atom. The zero-order valence-corrected chi connectivity index (χ0v) is 9.22. The Labute approximate surface area is 94.2 Å². The van der Waals surface area contributed by atoms with E-state index in [-0.39, 0.29) is 11.9 Å². The molecule has 1 saturated heterocycles. The third-order valence-electron chi connectivity index (χ3n) is 2.67. The largest absolute Gasteiger partial charge is 0.397 e. The Kier molecular flexibility index (Phi) is 3.05. The molecular weight excluding hydrogens is 206 g/mol. The number of anilines is 1. The monoisotopic (exact) mass is 221 g/mol. The lowest BCUT2D eigenvalue weighted by Crippen LogP contribution is -2.47. The van der Waals surface area contributed by atoms with Gasteiger partial charge in [0.2, 0.25) is 0 Å². The maximum atomic E-state index is 12.2. The lowest BCUT2D eigenvalue weighted by atomic mass is 10.2. The summed E-state index contributed by atoms with van der Waals surface area (Å²) >= 11 is 0. The normalized spacial score (nSPS) is 20.8. The molecule has 2 heterocycles. The Bertz CT molecular complexity index is 395. The molecule has 1 amide bonds. The van der Waals surface area contributed by atoms with Crippen molar-refractivity contribution >= 4 is 11.6 Å². The molecule has 2 N–H and O–H groups in total. The van der Waals surface area contributed by atoms with Crippen molar-refractivity contribution in [2.24, 2.45) is 0 Å². The summed E-state index contributed by atoms with van der Waals surface area (Å²) in [6.07, 6.45) is 1.58. The minimum absolute atomic E-state index is 0.0719. The van der Waals surface area contributed by atoms with E-state index in [0.717, 1.165) is 0 Å². The van der Waals surface area contributed by atoms with Gasteiger partial charge in [0, 0.05) is 12.7 Å². The number of carbonyl (C=O) groups is 1. The van der Waals surface area contributed by atoms with Crippen LogP contribution in [0.5, 0.6) is 0 Å². The van der Waals surface area contributed by atoms with E-state index < -0.39 is 0 Å². The molecule has 86 valence electrons. The first-order valence-corrected chi connectivity index (χ1v) is 5.29. The third-order valence-corrected chi connectivity index (χ3v) is 2.67. The number of morpholine rings is 1. The summed E-state index contributed by atoms with van der Waals surface area (Å²) in [4.78, 5) is 17.9. The summed E-state index contributed by atoms with van der Waals surface area (Å²) in [6.45, 7) is 3.69. The number of aromatic nitrogens is 1. The highest BCUT2D eigenvalue weighted by Gasteiger charge is 2.26. The van der Waals surface area contributed by atoms with Gasteiger partial charge in [0.25, 0.3) is 5.91 Å². The Balaban J connectivity index is 2.21. The molecule has 1 fully saturated rings. The van der Waals surface area contributed by atoms with E-state index in [1.54, 1.807) is 23.2 Å². The maximum Gasteiger partial charge on any atom is 0.274 e. The fourth-order valence-electron chi connectivity index (χ4n) is 1.76. The molecule has 1 aromatic heterocycles. The van der Waals surface area contributed by atoms with Crippen LogP contribution in [-0.2, 0) is 4.74 Å². The Morgan fingerprint density at radius 3 is 3.19 bits per heavy atom. The molecule has 0 saturated carbocycles. The second kappa shape index (κ2) is 4.49. The van der Waals surface area contributed by atoms with Crippen LogP contribution in [0.2, 0.25) is 0 Å². The number of ether oxygens (including phenoxy) is 1. The van der Waals surface area contributed by atoms with E-state index in [9.17, 15) is 4.79 Å². The van der Waals surface area contributed by atoms with E-state index >= 15 is 0 Å². The Hall–Kier alpha value is -1.62. The van der Waals surface area contributed by atoms with Gasteiger partial charge < -0.3 is 15.4 Å². The van der Waals surface area contributed by atoms with Crippen LogP contribution < -0.4 is 5.73 Å². The Morgan fingerprint density at radius 2 is 2.50 bits per heavy atom. The van der Waals surface area contributed by atoms with E-state index in [1.165, 1.54) is 0 Å². The van der Waals surface area contributed by atoms with Crippen LogP contribution in [0.15, 0.2) is 18.3 Å². The molecule has 0 aliphatic carbocycles. The van der Waals surface area contributed by atoms with Crippen molar-refractivity contribution in [1.82, 2.24) is 9.88 Å². The quantitative estimate of drug-likeness (QED) is 0.750. The first-order chi connectivity index (χ1) is 7.70. The molecule has 16 heavy (non-hydrogen) atoms. The molecule has 0 aromatic carbocycles. The van der Waals surface area contributed by atoms with Crippen molar-refractivity contribution in [2.75, 3.05) is 25.5 Å². The van der Waals surface area contributed by atoms with Gasteiger partial charge in [0.15, 0.2) is 5.69 Å². The number of nitrogens with two attached hydrogens (primary N) is 1. The smallest absolute Gasteiger partial charge is 0.274 e. The molecule has 0 unspecified atom stereocenters. The maximum absolute atomic E-state index is 12.2. The lowest BCUT2D eigenvalue weighted by Gasteiger charge is -2.33. The first kappa shape index (κ1) is 10.9. The highest BCUT2D eigenvalue weighted by Crippen LogP contribution is 2.14. The van der Waals surface area contributed by atoms with Crippen LogP contribution in [0.3, 0.4) is 0 Å². The minimum atomic E-state index is -0.117. The van der Waals surface area contributed by atoms with Gasteiger partial charge in [0.1, 0.15) is 0 Å². The molecule has 0 radical (unpaired) electrons. The fourth-order valence-corrected chi connectivity index (χ4v) is 1.76. The summed E-state index contributed by atoms with van der Waals surface area (Å²) in [5.74, 6) is -0.117. The molecule has 1 aromatic rings. The molecule has 0 bridgehead atoms. The zero-order valence-electron chi connectivity index (χ0n) is 9.22. The van der Waals surface area contributed by atoms with Crippen LogP contribution in [0, 0.1) is 0 Å². The van der Waals surface area contributed by atoms with Crippen molar-refractivity contribution in [1.29, 1.82) is 0 Å². The number of amides is 1. The van der Waals surface area contributed by atoms with Gasteiger partial charge in [-0.1, -0.05) is 0 Å². The fraction of sp³-hybridized carbons (Fsp3) is 0.455. The van der Waals surface area contributed by atoms with E-state index in [1.807, 2.05) is 6.92 Å². The number of carbonyl (C=O) groups excluding carboxylic acids is 1. The standard InChI is InChI=1S/C11H15N3O2/c1-8-7-16-6-5-14(8)11(15)10-9(12)3-2-4-13-10/h2-4,8H,5-7,12H2,1H3/t8-/m1/s1. The molecule has 1 aliphatic heterocycles. The van der Waals surface area contributed by atoms with Gasteiger partial charge in [-0.05, 0) is 19.1 Å². The van der Waals surface area contributed by atoms with Crippen molar-refractivity contribution < 1.29 is 9.53 Å². The number of hydrogen-bond donors (Lipinski definition) is 1. The number of rotatable bonds is 1. The van der Waals surface area contributed by atoms with Crippen molar-refractivity contribution in [2.45, 2.75) is 13.0 Å². The summed E-state index contributed by atoms with van der Waals surface area (Å²) in [6, 6.07) is 3.47. The van der Waals surface area contributed by atoms with Crippen LogP contribution in [0.4, 0.5) is 5.69 Å². The molecule has 5 heteroatoms. The molecule has 1 atom stereocenters. The van der Waals surface area contributed by atoms with Gasteiger partial charge in [-0.15, -0.1) is 0 Å². The van der Waals surface area contributed by atoms with Crippen LogP contribution in [0.25, 0.3) is 0 Å². The number of nitrogen functional groups attached to an aromatic ring is 1. The minimum Gasteiger partial charge on any atom is -0.397 e. The summed E-state index contributed by atoms with van der Waals surface area (Å²) in [5, 5.41) is 0. The van der Waals surface area contributed by atoms with Crippen LogP contribution >= 0.6 is 0 Å². The van der Waals surface area contributed by atoms with Crippen LogP contribution in [-0.4, -0.2) is 41.6 Å². The van der Waals surface area contributed by atoms with Gasteiger partial charge >= 0.3 is 0 Å². The summed E-state index contributed by atoms with van der Waals surface area (Å²) < 4.78 is 5.28. The van der Waals surface area contributed by atoms with Crippen molar-refractivity contribution in [3.05, 3.63) is 24.0 Å². The second-order valence-corrected chi connectivity index (χ2v) is 3.86. The molecular formula is C11H15N3O2. The highest BCUT2D eigenvalue weighted by atomic mass is 16.5. The van der Waals surface area contributed by atoms with Gasteiger partial charge in [0.05, 0.1) is 24.9 Å². The van der Waals surface area contributed by atoms with Gasteiger partial charge in [-0.3, -0.25) is 4.79 Å². The van der Waals surface area contributed by atoms with E-state index in [2.05, 4.69) is 4.98 Å². The highest BCUT2D eigenvalue weighted by molar-refractivity contribution is 5.97. The van der Waals surface area contributed by atoms with Crippen molar-refractivity contribution in [3.8, 4) is 0 Å². The third kappa shape index (κ3) is 1.99. The average Bonchev–Trinajstić information content (AvgIpc) is 2.29. The molecule has 1 aliphatic rings. The molecule has 2 rings (SSSR count). The predicted molar refractivity (Wildman–Crippen MR) is 60.0 cm³/mol. The predicted octanol–water partition coefficient (Wildman–Crippen LogP) is 0.525. The number of hydrogen-bond acceptors (Lipinski definition) is 4. The first-order valence-electron chi connectivity index (χ1n) is 5.29. The van der Waals surface area contributed by atoms with Crippen LogP contribution in [0.1, 0.15) is 17.4 Å². The SMILES string of the molecule is C[C@@H]1COCCN1C(=O)c1ncccc1N. The van der Waals surface area contributed by atoms with E-state index in [0.29, 0.717) is 31.1 Å².